The molecule has 2 fully saturated rings. The van der Waals surface area contributed by atoms with E-state index in [0.717, 1.165) is 39.2 Å². The van der Waals surface area contributed by atoms with E-state index in [1.54, 1.807) is 24.3 Å². The summed E-state index contributed by atoms with van der Waals surface area (Å²) in [7, 11) is -13.4. The maximum Gasteiger partial charge on any atom is 0.502 e. The molecule has 24 heteroatoms. The standard InChI is InChI=1S/C56H64ClF3N6O10P2S2/c1-38(2)66-39(3)52(55(68)69)53(54(66)40-13-15-42(57)16-14-40)41-9-7-10-46(35-41)64-32-30-63(31-33-64)44-17-19-45(20-18-44)65(26-8-34-67)77(70)48-21-22-50(51(36-48)80(74,75)56(58,59)60)61-43(37-79-49-11-5-4-6-12-49)23-27-62-28-24-47(25-29-62)76-78(71,72)73/h4-7,9-22,35-36,38,43,47,67H,8,23-34,37H2,1-3H3,(H3-,61,68,69,70,71,72,73)/p+1/t43-/m1/s1. The van der Waals surface area contributed by atoms with Crippen molar-refractivity contribution in [3.8, 4) is 22.4 Å². The quantitative estimate of drug-likeness (QED) is 0.0299. The second kappa shape index (κ2) is 26.2. The van der Waals surface area contributed by atoms with Gasteiger partial charge in [0.25, 0.3) is 9.84 Å². The Balaban J connectivity index is 0.994. The lowest BCUT2D eigenvalue weighted by Gasteiger charge is -2.37. The van der Waals surface area contributed by atoms with Crippen LogP contribution in [0, 0.1) is 6.92 Å². The maximum atomic E-state index is 14.6. The number of halogens is 4. The largest absolute Gasteiger partial charge is 0.502 e. The van der Waals surface area contributed by atoms with Gasteiger partial charge in [0.2, 0.25) is 5.30 Å². The highest BCUT2D eigenvalue weighted by atomic mass is 35.5. The van der Waals surface area contributed by atoms with Crippen LogP contribution in [-0.4, -0.2) is 126 Å². The monoisotopic (exact) mass is 1200 g/mol. The van der Waals surface area contributed by atoms with Gasteiger partial charge in [0.1, 0.15) is 4.90 Å². The van der Waals surface area contributed by atoms with E-state index < -0.39 is 54.1 Å². The normalized spacial score (nSPS) is 15.6. The molecule has 80 heavy (non-hydrogen) atoms. The summed E-state index contributed by atoms with van der Waals surface area (Å²) in [5.74, 6) is -0.691. The summed E-state index contributed by atoms with van der Waals surface area (Å²) in [4.78, 5) is 37.8. The van der Waals surface area contributed by atoms with Crippen molar-refractivity contribution in [3.63, 3.8) is 0 Å². The van der Waals surface area contributed by atoms with Gasteiger partial charge in [-0.1, -0.05) is 54.1 Å². The van der Waals surface area contributed by atoms with Crippen LogP contribution in [0.4, 0.5) is 35.9 Å². The number of hydrogen-bond donors (Lipinski definition) is 5. The topological polar surface area (TPSA) is 205 Å². The molecule has 0 bridgehead atoms. The molecule has 0 spiro atoms. The average molecular weight is 1200 g/mol. The maximum absolute atomic E-state index is 14.6. The number of carboxylic acid groups (broad SMARTS) is 1. The zero-order valence-corrected chi connectivity index (χ0v) is 48.6. The van der Waals surface area contributed by atoms with Crippen LogP contribution >= 0.6 is 39.1 Å². The first-order valence-electron chi connectivity index (χ1n) is 26.2. The molecule has 2 saturated heterocycles. The van der Waals surface area contributed by atoms with Gasteiger partial charge < -0.3 is 44.6 Å². The van der Waals surface area contributed by atoms with E-state index >= 15 is 0 Å². The molecule has 0 radical (unpaired) electrons. The molecule has 428 valence electrons. The fraction of sp³-hybridized carbons (Fsp3) is 0.375. The van der Waals surface area contributed by atoms with Gasteiger partial charge >= 0.3 is 27.3 Å². The first-order chi connectivity index (χ1) is 38.0. The minimum atomic E-state index is -6.00. The molecule has 16 nitrogen and oxygen atoms in total. The van der Waals surface area contributed by atoms with Crippen LogP contribution in [0.1, 0.15) is 61.6 Å². The van der Waals surface area contributed by atoms with E-state index in [0.29, 0.717) is 92.8 Å². The SMILES string of the molecule is Cc1c(C(=O)O)c(-c2cccc(N3CCN(c4ccc(N(CCCO)[P+](=O)c5ccc(N[C@H](CCN6CCC(OP(=O)(O)O)CC6)CSc6ccccc6)c(S(=O)(=O)C(F)(F)F)c5)cc4)CC3)c2)c(-c2ccc(Cl)cc2)n1C(C)C. The number of nitrogens with zero attached hydrogens (tertiary/aromatic N) is 5. The molecule has 6 aromatic rings. The van der Waals surface area contributed by atoms with Crippen molar-refractivity contribution in [2.24, 2.45) is 0 Å². The number of phosphoric acid groups is 1. The Kier molecular flexibility index (Phi) is 19.9. The summed E-state index contributed by atoms with van der Waals surface area (Å²) in [6.45, 7) is 9.44. The molecular weight excluding hydrogens is 1140 g/mol. The number of alkyl halides is 3. The lowest BCUT2D eigenvalue weighted by Crippen LogP contribution is -2.46. The van der Waals surface area contributed by atoms with E-state index in [2.05, 4.69) is 19.7 Å². The van der Waals surface area contributed by atoms with Gasteiger partial charge in [-0.25, -0.2) is 17.8 Å². The zero-order chi connectivity index (χ0) is 57.5. The van der Waals surface area contributed by atoms with Crippen LogP contribution in [0.25, 0.3) is 22.4 Å². The molecule has 3 heterocycles. The molecule has 0 aliphatic carbocycles. The molecule has 8 rings (SSSR count). The second-order valence-electron chi connectivity index (χ2n) is 20.0. The molecule has 0 amide bonds. The molecule has 2 atom stereocenters. The predicted octanol–water partition coefficient (Wildman–Crippen LogP) is 11.5. The van der Waals surface area contributed by atoms with Gasteiger partial charge in [-0.2, -0.15) is 17.8 Å². The molecule has 2 aliphatic heterocycles. The van der Waals surface area contributed by atoms with E-state index in [1.165, 1.54) is 28.6 Å². The Morgan fingerprint density at radius 3 is 2.12 bits per heavy atom. The van der Waals surface area contributed by atoms with Gasteiger partial charge in [0.05, 0.1) is 35.3 Å². The molecule has 2 aliphatic rings. The Bertz CT molecular complexity index is 3290. The Labute approximate surface area is 474 Å². The fourth-order valence-electron chi connectivity index (χ4n) is 10.4. The number of sulfone groups is 1. The van der Waals surface area contributed by atoms with Crippen molar-refractivity contribution in [1.82, 2.24) is 9.47 Å². The fourth-order valence-corrected chi connectivity index (χ4v) is 14.5. The van der Waals surface area contributed by atoms with Gasteiger partial charge in [-0.3, -0.25) is 4.52 Å². The van der Waals surface area contributed by atoms with Crippen LogP contribution in [0.2, 0.25) is 5.02 Å². The highest BCUT2D eigenvalue weighted by Crippen LogP contribution is 2.44. The third-order valence-electron chi connectivity index (χ3n) is 14.3. The number of piperazine rings is 1. The summed E-state index contributed by atoms with van der Waals surface area (Å²) in [5.41, 5.74) is 0.118. The molecule has 5 N–H and O–H groups in total. The van der Waals surface area contributed by atoms with Gasteiger partial charge in [-0.15, -0.1) is 11.8 Å². The summed E-state index contributed by atoms with van der Waals surface area (Å²) in [5, 5.41) is 24.0. The van der Waals surface area contributed by atoms with Crippen LogP contribution in [0.15, 0.2) is 131 Å². The number of piperidine rings is 1. The smallest absolute Gasteiger partial charge is 0.478 e. The highest BCUT2D eigenvalue weighted by Gasteiger charge is 2.49. The van der Waals surface area contributed by atoms with Crippen molar-refractivity contribution in [2.45, 2.75) is 79.9 Å². The first-order valence-corrected chi connectivity index (χ1v) is 31.8. The number of benzene rings is 5. The van der Waals surface area contributed by atoms with Crippen LogP contribution in [0.3, 0.4) is 0 Å². The number of rotatable bonds is 23. The summed E-state index contributed by atoms with van der Waals surface area (Å²) in [6, 6.07) is 34.6. The van der Waals surface area contributed by atoms with Gasteiger partial charge in [0.15, 0.2) is 0 Å². The summed E-state index contributed by atoms with van der Waals surface area (Å²) >= 11 is 7.70. The number of likely N-dealkylation sites (tertiary alicyclic amines) is 1. The van der Waals surface area contributed by atoms with Gasteiger partial charge in [-0.05, 0) is 135 Å². The summed E-state index contributed by atoms with van der Waals surface area (Å²) in [6.07, 6.45) is 0.590. The number of nitrogens with one attached hydrogen (secondary N) is 1. The van der Waals surface area contributed by atoms with Crippen molar-refractivity contribution < 1.29 is 60.0 Å². The van der Waals surface area contributed by atoms with Crippen LogP contribution in [-0.2, 0) is 23.5 Å². The third kappa shape index (κ3) is 14.6. The number of hydrogen-bond acceptors (Lipinski definition) is 12. The Morgan fingerprint density at radius 2 is 1.52 bits per heavy atom. The van der Waals surface area contributed by atoms with E-state index in [1.807, 2.05) is 105 Å². The predicted molar refractivity (Wildman–Crippen MR) is 311 cm³/mol. The van der Waals surface area contributed by atoms with Crippen molar-refractivity contribution >= 4 is 83.0 Å². The third-order valence-corrected chi connectivity index (χ3v) is 19.4. The van der Waals surface area contributed by atoms with E-state index in [4.69, 9.17) is 16.1 Å². The minimum Gasteiger partial charge on any atom is -0.478 e. The Hall–Kier alpha value is -5.44. The lowest BCUT2D eigenvalue weighted by atomic mass is 9.96. The number of carboxylic acids is 1. The van der Waals surface area contributed by atoms with Crippen molar-refractivity contribution in [1.29, 1.82) is 0 Å². The molecule has 0 saturated carbocycles. The first kappa shape index (κ1) is 60.7. The summed E-state index contributed by atoms with van der Waals surface area (Å²) < 4.78 is 105. The van der Waals surface area contributed by atoms with Crippen LogP contribution < -0.4 is 25.1 Å². The number of aliphatic hydroxyl groups excluding tert-OH is 1. The number of aromatic carboxylic acids is 1. The molecule has 5 aromatic carbocycles. The number of carbonyl (C=O) groups is 1. The number of phosphoric ester groups is 1. The number of thioether (sulfide) groups is 1. The highest BCUT2D eigenvalue weighted by molar-refractivity contribution is 7.99. The van der Waals surface area contributed by atoms with E-state index in [9.17, 15) is 55.5 Å². The number of anilines is 4. The zero-order valence-electron chi connectivity index (χ0n) is 44.4. The van der Waals surface area contributed by atoms with Crippen LogP contribution in [0.5, 0.6) is 0 Å². The Morgan fingerprint density at radius 1 is 0.875 bits per heavy atom. The molecular formula is C56H65ClF3N6O10P2S2+. The second-order valence-corrected chi connectivity index (χ2v) is 26.2. The molecule has 1 aromatic heterocycles. The average Bonchev–Trinajstić information content (AvgIpc) is 3.88. The number of aliphatic hydroxyl groups is 1. The van der Waals surface area contributed by atoms with Crippen molar-refractivity contribution in [2.75, 3.05) is 84.5 Å². The van der Waals surface area contributed by atoms with E-state index in [-0.39, 0.29) is 42.2 Å². The van der Waals surface area contributed by atoms with Gasteiger partial charge in [0, 0.05) is 109 Å². The van der Waals surface area contributed by atoms with Crippen molar-refractivity contribution in [3.05, 3.63) is 138 Å². The minimum absolute atomic E-state index is 0.0303. The molecule has 1 unspecified atom stereocenters. The lowest BCUT2D eigenvalue weighted by molar-refractivity contribution is -0.0435. The number of aromatic nitrogens is 1.